The van der Waals surface area contributed by atoms with E-state index in [2.05, 4.69) is 9.97 Å². The predicted molar refractivity (Wildman–Crippen MR) is 32.2 cm³/mol. The summed E-state index contributed by atoms with van der Waals surface area (Å²) in [7, 11) is 0. The second-order valence-corrected chi connectivity index (χ2v) is 1.95. The first-order valence-electron chi connectivity index (χ1n) is 2.70. The molecule has 10 heavy (non-hydrogen) atoms. The van der Waals surface area contributed by atoms with Crippen LogP contribution in [0.3, 0.4) is 0 Å². The highest BCUT2D eigenvalue weighted by Crippen LogP contribution is 1.81. The second kappa shape index (κ2) is 1.47. The van der Waals surface area contributed by atoms with E-state index in [1.807, 2.05) is 0 Å². The van der Waals surface area contributed by atoms with Gasteiger partial charge in [-0.05, 0) is 0 Å². The minimum Gasteiger partial charge on any atom is -0.267 e. The van der Waals surface area contributed by atoms with Crippen LogP contribution in [0.15, 0.2) is 22.0 Å². The molecule has 0 radical (unpaired) electrons. The fourth-order valence-corrected chi connectivity index (χ4v) is 0.865. The van der Waals surface area contributed by atoms with E-state index in [1.165, 1.54) is 12.4 Å². The van der Waals surface area contributed by atoms with Crippen molar-refractivity contribution in [3.8, 4) is 0 Å². The summed E-state index contributed by atoms with van der Waals surface area (Å²) in [6.07, 6.45) is 2.51. The van der Waals surface area contributed by atoms with Crippen LogP contribution in [0.2, 0.25) is 0 Å². The normalized spacial score (nSPS) is 10.8. The molecule has 0 aromatic rings. The van der Waals surface area contributed by atoms with Gasteiger partial charge in [-0.1, -0.05) is 0 Å². The Hall–Kier alpha value is -1.58. The molecular formula is C6H2N2O2. The first-order chi connectivity index (χ1) is 4.79. The lowest BCUT2D eigenvalue weighted by molar-refractivity contribution is 1.23. The van der Waals surface area contributed by atoms with Crippen molar-refractivity contribution in [1.29, 1.82) is 0 Å². The lowest BCUT2D eigenvalue weighted by atomic mass is 10.4. The number of hydrogen-bond donors (Lipinski definition) is 0. The monoisotopic (exact) mass is 134 g/mol. The van der Waals surface area contributed by atoms with Crippen molar-refractivity contribution in [2.75, 3.05) is 0 Å². The molecular weight excluding hydrogens is 132 g/mol. The van der Waals surface area contributed by atoms with E-state index in [0.29, 0.717) is 10.4 Å². The number of rotatable bonds is 0. The third-order valence-corrected chi connectivity index (χ3v) is 1.37. The predicted octanol–water partition coefficient (Wildman–Crippen LogP) is -1.20. The number of nitrogens with zero attached hydrogens (tertiary/aromatic N) is 2. The fraction of sp³-hybridized carbons (Fsp3) is 0. The van der Waals surface area contributed by atoms with Gasteiger partial charge in [0, 0.05) is 12.4 Å². The molecule has 0 aromatic heterocycles. The molecule has 4 heteroatoms. The molecule has 4 nitrogen and oxygen atoms in total. The average Bonchev–Trinajstić information content (AvgIpc) is 2.41. The Labute approximate surface area is 54.5 Å². The first kappa shape index (κ1) is 5.22. The molecule has 0 N–H and O–H groups in total. The van der Waals surface area contributed by atoms with Crippen LogP contribution < -0.4 is 11.1 Å². The summed E-state index contributed by atoms with van der Waals surface area (Å²) in [5.41, 5.74) is -0.741. The smallest absolute Gasteiger partial charge is 0.267 e. The summed E-state index contributed by atoms with van der Waals surface area (Å²) in [4.78, 5) is 28.2. The highest BCUT2D eigenvalue weighted by atomic mass is 16.1. The van der Waals surface area contributed by atoms with E-state index in [-0.39, 0.29) is 11.1 Å². The van der Waals surface area contributed by atoms with Gasteiger partial charge in [-0.2, -0.15) is 0 Å². The van der Waals surface area contributed by atoms with Crippen LogP contribution in [0.1, 0.15) is 0 Å². The van der Waals surface area contributed by atoms with E-state index < -0.39 is 0 Å². The molecule has 0 atom stereocenters. The van der Waals surface area contributed by atoms with Crippen molar-refractivity contribution in [2.24, 2.45) is 0 Å². The lowest BCUT2D eigenvalue weighted by Crippen LogP contribution is -1.97. The topological polar surface area (TPSA) is 59.9 Å². The van der Waals surface area contributed by atoms with Crippen LogP contribution in [0.25, 0.3) is 0 Å². The van der Waals surface area contributed by atoms with Crippen molar-refractivity contribution < 1.29 is 0 Å². The maximum atomic E-state index is 10.7. The van der Waals surface area contributed by atoms with E-state index in [0.717, 1.165) is 0 Å². The summed E-state index contributed by atoms with van der Waals surface area (Å²) in [5.74, 6) is 0. The maximum Gasteiger partial charge on any atom is 0.279 e. The fourth-order valence-electron chi connectivity index (χ4n) is 0.865. The SMILES string of the molecule is O=c1ncc2c(=O)ncc1=2. The molecule has 0 amide bonds. The van der Waals surface area contributed by atoms with Gasteiger partial charge in [-0.25, -0.2) is 9.97 Å². The van der Waals surface area contributed by atoms with Crippen molar-refractivity contribution >= 4 is 0 Å². The highest BCUT2D eigenvalue weighted by Gasteiger charge is 2.00. The molecule has 2 heterocycles. The maximum absolute atomic E-state index is 10.7. The van der Waals surface area contributed by atoms with Crippen LogP contribution >= 0.6 is 0 Å². The van der Waals surface area contributed by atoms with Crippen LogP contribution in [-0.4, -0.2) is 9.97 Å². The Kier molecular flexibility index (Phi) is 0.768. The van der Waals surface area contributed by atoms with Crippen LogP contribution in [0.4, 0.5) is 0 Å². The van der Waals surface area contributed by atoms with Gasteiger partial charge in [-0.3, -0.25) is 9.59 Å². The van der Waals surface area contributed by atoms with E-state index in [4.69, 9.17) is 0 Å². The molecule has 0 saturated carbocycles. The van der Waals surface area contributed by atoms with Gasteiger partial charge in [0.15, 0.2) is 0 Å². The van der Waals surface area contributed by atoms with Gasteiger partial charge in [-0.15, -0.1) is 0 Å². The molecule has 0 aromatic carbocycles. The van der Waals surface area contributed by atoms with Gasteiger partial charge < -0.3 is 0 Å². The molecule has 2 aliphatic heterocycles. The molecule has 0 fully saturated rings. The zero-order chi connectivity index (χ0) is 7.14. The van der Waals surface area contributed by atoms with Crippen LogP contribution in [-0.2, 0) is 0 Å². The summed E-state index contributed by atoms with van der Waals surface area (Å²) in [5, 5.41) is 0.648. The van der Waals surface area contributed by atoms with Gasteiger partial charge >= 0.3 is 0 Å². The second-order valence-electron chi connectivity index (χ2n) is 1.95. The highest BCUT2D eigenvalue weighted by molar-refractivity contribution is 5.06. The number of aromatic nitrogens is 2. The molecule has 2 rings (SSSR count). The van der Waals surface area contributed by atoms with E-state index in [9.17, 15) is 9.59 Å². The van der Waals surface area contributed by atoms with Gasteiger partial charge in [0.2, 0.25) is 0 Å². The van der Waals surface area contributed by atoms with Gasteiger partial charge in [0.1, 0.15) is 0 Å². The Bertz CT molecular complexity index is 448. The third-order valence-electron chi connectivity index (χ3n) is 1.37. The van der Waals surface area contributed by atoms with Crippen molar-refractivity contribution in [3.63, 3.8) is 0 Å². The average molecular weight is 134 g/mol. The molecule has 0 bridgehead atoms. The third kappa shape index (κ3) is 0.452. The minimum atomic E-state index is -0.371. The Morgan fingerprint density at radius 1 is 0.900 bits per heavy atom. The van der Waals surface area contributed by atoms with Crippen molar-refractivity contribution in [3.05, 3.63) is 43.5 Å². The molecule has 2 aliphatic rings. The van der Waals surface area contributed by atoms with E-state index >= 15 is 0 Å². The lowest BCUT2D eigenvalue weighted by Gasteiger charge is -1.58. The molecule has 48 valence electrons. The summed E-state index contributed by atoms with van der Waals surface area (Å²) >= 11 is 0. The molecule has 0 saturated heterocycles. The molecule has 0 spiro atoms. The quantitative estimate of drug-likeness (QED) is 0.454. The molecule has 0 aliphatic carbocycles. The van der Waals surface area contributed by atoms with Crippen LogP contribution in [0.5, 0.6) is 0 Å². The van der Waals surface area contributed by atoms with E-state index in [1.54, 1.807) is 0 Å². The zero-order valence-corrected chi connectivity index (χ0v) is 4.87. The zero-order valence-electron chi connectivity index (χ0n) is 4.87. The first-order valence-corrected chi connectivity index (χ1v) is 2.70. The molecule has 0 unspecified atom stereocenters. The summed E-state index contributed by atoms with van der Waals surface area (Å²) in [6.45, 7) is 0. The Morgan fingerprint density at radius 3 is 1.70 bits per heavy atom. The Morgan fingerprint density at radius 2 is 1.30 bits per heavy atom. The Balaban J connectivity index is 3.37. The minimum absolute atomic E-state index is 0.324. The number of hydrogen-bond acceptors (Lipinski definition) is 4. The summed E-state index contributed by atoms with van der Waals surface area (Å²) in [6, 6.07) is 0. The van der Waals surface area contributed by atoms with Crippen molar-refractivity contribution in [2.45, 2.75) is 0 Å². The standard InChI is InChI=1S/C6H2N2O2/c9-5-3-1-7-6(10)4(3)2-8-5/h1-2H. The van der Waals surface area contributed by atoms with Crippen molar-refractivity contribution in [1.82, 2.24) is 9.97 Å². The van der Waals surface area contributed by atoms with Gasteiger partial charge in [0.25, 0.3) is 11.1 Å². The van der Waals surface area contributed by atoms with Crippen LogP contribution in [0, 0.1) is 10.4 Å². The van der Waals surface area contributed by atoms with Gasteiger partial charge in [0.05, 0.1) is 10.4 Å². The largest absolute Gasteiger partial charge is 0.279 e. The summed E-state index contributed by atoms with van der Waals surface area (Å²) < 4.78 is 0.